The summed E-state index contributed by atoms with van der Waals surface area (Å²) in [6, 6.07) is 17.9. The lowest BCUT2D eigenvalue weighted by Crippen LogP contribution is -2.09. The van der Waals surface area contributed by atoms with Gasteiger partial charge in [-0.3, -0.25) is 4.79 Å². The first-order chi connectivity index (χ1) is 11.7. The molecule has 0 bridgehead atoms. The second kappa shape index (κ2) is 7.38. The summed E-state index contributed by atoms with van der Waals surface area (Å²) in [4.78, 5) is 12.6. The van der Waals surface area contributed by atoms with E-state index in [0.29, 0.717) is 32.1 Å². The van der Waals surface area contributed by atoms with Crippen LogP contribution in [0.1, 0.15) is 9.67 Å². The van der Waals surface area contributed by atoms with Gasteiger partial charge in [-0.25, -0.2) is 0 Å². The quantitative estimate of drug-likeness (QED) is 0.658. The van der Waals surface area contributed by atoms with Crippen LogP contribution in [-0.4, -0.2) is 13.0 Å². The summed E-state index contributed by atoms with van der Waals surface area (Å²) in [6.07, 6.45) is 0. The van der Waals surface area contributed by atoms with Crippen LogP contribution in [0.3, 0.4) is 0 Å². The molecule has 0 aliphatic carbocycles. The average Bonchev–Trinajstić information content (AvgIpc) is 3.04. The van der Waals surface area contributed by atoms with Gasteiger partial charge in [-0.1, -0.05) is 23.7 Å². The molecule has 4 nitrogen and oxygen atoms in total. The zero-order valence-electron chi connectivity index (χ0n) is 12.8. The van der Waals surface area contributed by atoms with Gasteiger partial charge in [0.1, 0.15) is 5.75 Å². The van der Waals surface area contributed by atoms with Crippen LogP contribution in [0, 0.1) is 0 Å². The van der Waals surface area contributed by atoms with E-state index in [-0.39, 0.29) is 5.91 Å². The molecule has 0 atom stereocenters. The highest BCUT2D eigenvalue weighted by atomic mass is 35.5. The molecule has 24 heavy (non-hydrogen) atoms. The Labute approximate surface area is 148 Å². The second-order valence-corrected chi connectivity index (χ2v) is 6.55. The summed E-state index contributed by atoms with van der Waals surface area (Å²) in [6.45, 7) is 0. The number of thiophene rings is 1. The molecule has 3 rings (SSSR count). The van der Waals surface area contributed by atoms with E-state index in [1.807, 2.05) is 24.3 Å². The second-order valence-electron chi connectivity index (χ2n) is 4.84. The largest absolute Gasteiger partial charge is 0.493 e. The van der Waals surface area contributed by atoms with E-state index in [2.05, 4.69) is 5.32 Å². The molecule has 1 amide bonds. The van der Waals surface area contributed by atoms with Gasteiger partial charge in [-0.15, -0.1) is 11.3 Å². The molecule has 1 N–H and O–H groups in total. The molecule has 0 radical (unpaired) electrons. The zero-order chi connectivity index (χ0) is 16.9. The van der Waals surface area contributed by atoms with E-state index in [9.17, 15) is 4.79 Å². The Morgan fingerprint density at radius 1 is 1.00 bits per heavy atom. The van der Waals surface area contributed by atoms with Gasteiger partial charge in [0, 0.05) is 5.69 Å². The van der Waals surface area contributed by atoms with Crippen LogP contribution in [-0.2, 0) is 0 Å². The van der Waals surface area contributed by atoms with Crippen molar-refractivity contribution in [2.75, 3.05) is 12.4 Å². The molecule has 0 saturated carbocycles. The third kappa shape index (κ3) is 3.88. The van der Waals surface area contributed by atoms with Crippen LogP contribution in [0.5, 0.6) is 17.2 Å². The van der Waals surface area contributed by atoms with Crippen molar-refractivity contribution < 1.29 is 14.3 Å². The standard InChI is InChI=1S/C18H14ClNO3S/c1-22-14-4-2-3-5-15(14)23-13-8-6-12(7-9-13)20-18(21)16-10-11-17(19)24-16/h2-11H,1H3,(H,20,21). The molecule has 0 spiro atoms. The summed E-state index contributed by atoms with van der Waals surface area (Å²) in [7, 11) is 1.59. The number of rotatable bonds is 5. The van der Waals surface area contributed by atoms with Crippen molar-refractivity contribution in [3.05, 3.63) is 69.9 Å². The number of halogens is 1. The molecule has 0 aliphatic heterocycles. The summed E-state index contributed by atoms with van der Waals surface area (Å²) >= 11 is 7.08. The van der Waals surface area contributed by atoms with E-state index >= 15 is 0 Å². The van der Waals surface area contributed by atoms with E-state index in [0.717, 1.165) is 0 Å². The fraction of sp³-hybridized carbons (Fsp3) is 0.0556. The Hall–Kier alpha value is -2.50. The Bertz CT molecular complexity index is 845. The summed E-state index contributed by atoms with van der Waals surface area (Å²) < 4.78 is 11.6. The van der Waals surface area contributed by atoms with Crippen LogP contribution in [0.2, 0.25) is 4.34 Å². The molecule has 0 aliphatic rings. The predicted molar refractivity (Wildman–Crippen MR) is 96.8 cm³/mol. The van der Waals surface area contributed by atoms with Gasteiger partial charge in [-0.2, -0.15) is 0 Å². The van der Waals surface area contributed by atoms with Crippen LogP contribution in [0.25, 0.3) is 0 Å². The number of anilines is 1. The Kier molecular flexibility index (Phi) is 5.03. The van der Waals surface area contributed by atoms with Crippen molar-refractivity contribution in [1.29, 1.82) is 0 Å². The number of para-hydroxylation sites is 2. The van der Waals surface area contributed by atoms with Gasteiger partial charge in [0.25, 0.3) is 5.91 Å². The van der Waals surface area contributed by atoms with Gasteiger partial charge in [0.2, 0.25) is 0 Å². The normalized spacial score (nSPS) is 10.2. The van der Waals surface area contributed by atoms with Crippen LogP contribution in [0.15, 0.2) is 60.7 Å². The van der Waals surface area contributed by atoms with Gasteiger partial charge in [-0.05, 0) is 48.5 Å². The van der Waals surface area contributed by atoms with E-state index in [1.165, 1.54) is 11.3 Å². The highest BCUT2D eigenvalue weighted by Crippen LogP contribution is 2.31. The van der Waals surface area contributed by atoms with Crippen LogP contribution < -0.4 is 14.8 Å². The lowest BCUT2D eigenvalue weighted by Gasteiger charge is -2.10. The molecule has 1 aromatic heterocycles. The number of amides is 1. The van der Waals surface area contributed by atoms with Crippen LogP contribution in [0.4, 0.5) is 5.69 Å². The number of hydrogen-bond acceptors (Lipinski definition) is 4. The molecular formula is C18H14ClNO3S. The smallest absolute Gasteiger partial charge is 0.265 e. The number of nitrogens with one attached hydrogen (secondary N) is 1. The number of carbonyl (C=O) groups excluding carboxylic acids is 1. The monoisotopic (exact) mass is 359 g/mol. The maximum absolute atomic E-state index is 12.1. The minimum atomic E-state index is -0.190. The molecule has 3 aromatic rings. The lowest BCUT2D eigenvalue weighted by molar-refractivity contribution is 0.103. The first-order valence-electron chi connectivity index (χ1n) is 7.13. The van der Waals surface area contributed by atoms with Crippen molar-refractivity contribution in [2.45, 2.75) is 0 Å². The highest BCUT2D eigenvalue weighted by Gasteiger charge is 2.09. The third-order valence-corrected chi connectivity index (χ3v) is 4.44. The third-order valence-electron chi connectivity index (χ3n) is 3.21. The predicted octanol–water partition coefficient (Wildman–Crippen LogP) is 5.45. The summed E-state index contributed by atoms with van der Waals surface area (Å²) in [5.74, 6) is 1.75. The van der Waals surface area contributed by atoms with Gasteiger partial charge in [0.05, 0.1) is 16.3 Å². The SMILES string of the molecule is COc1ccccc1Oc1ccc(NC(=O)c2ccc(Cl)s2)cc1. The minimum absolute atomic E-state index is 0.190. The maximum Gasteiger partial charge on any atom is 0.265 e. The highest BCUT2D eigenvalue weighted by molar-refractivity contribution is 7.18. The number of carbonyl (C=O) groups is 1. The van der Waals surface area contributed by atoms with Crippen molar-refractivity contribution in [2.24, 2.45) is 0 Å². The van der Waals surface area contributed by atoms with Gasteiger partial charge in [0.15, 0.2) is 11.5 Å². The van der Waals surface area contributed by atoms with Crippen molar-refractivity contribution in [3.63, 3.8) is 0 Å². The fourth-order valence-electron chi connectivity index (χ4n) is 2.07. The first kappa shape index (κ1) is 16.4. The number of benzene rings is 2. The van der Waals surface area contributed by atoms with E-state index in [4.69, 9.17) is 21.1 Å². The summed E-state index contributed by atoms with van der Waals surface area (Å²) in [5, 5.41) is 2.82. The number of ether oxygens (including phenoxy) is 2. The van der Waals surface area contributed by atoms with Crippen molar-refractivity contribution in [1.82, 2.24) is 0 Å². The Balaban J connectivity index is 1.68. The summed E-state index contributed by atoms with van der Waals surface area (Å²) in [5.41, 5.74) is 0.678. The van der Waals surface area contributed by atoms with E-state index in [1.54, 1.807) is 43.5 Å². The van der Waals surface area contributed by atoms with Gasteiger partial charge < -0.3 is 14.8 Å². The van der Waals surface area contributed by atoms with Gasteiger partial charge >= 0.3 is 0 Å². The Morgan fingerprint density at radius 2 is 1.71 bits per heavy atom. The lowest BCUT2D eigenvalue weighted by atomic mass is 10.3. The zero-order valence-corrected chi connectivity index (χ0v) is 14.4. The number of hydrogen-bond donors (Lipinski definition) is 1. The molecule has 0 unspecified atom stereocenters. The maximum atomic E-state index is 12.1. The topological polar surface area (TPSA) is 47.6 Å². The van der Waals surface area contributed by atoms with Crippen molar-refractivity contribution >= 4 is 34.5 Å². The average molecular weight is 360 g/mol. The first-order valence-corrected chi connectivity index (χ1v) is 8.33. The Morgan fingerprint density at radius 3 is 2.33 bits per heavy atom. The van der Waals surface area contributed by atoms with E-state index < -0.39 is 0 Å². The molecule has 0 saturated heterocycles. The van der Waals surface area contributed by atoms with Crippen LogP contribution >= 0.6 is 22.9 Å². The van der Waals surface area contributed by atoms with Crippen molar-refractivity contribution in [3.8, 4) is 17.2 Å². The molecule has 122 valence electrons. The number of methoxy groups -OCH3 is 1. The molecule has 6 heteroatoms. The molecule has 2 aromatic carbocycles. The molecule has 1 heterocycles. The molecular weight excluding hydrogens is 346 g/mol. The molecule has 0 fully saturated rings. The minimum Gasteiger partial charge on any atom is -0.493 e. The fourth-order valence-corrected chi connectivity index (χ4v) is 3.00.